The zero-order valence-corrected chi connectivity index (χ0v) is 11.3. The number of para-hydroxylation sites is 1. The molecule has 2 heteroatoms. The third-order valence-electron chi connectivity index (χ3n) is 2.94. The minimum Gasteiger partial charge on any atom is -0.493 e. The molecule has 0 aliphatic carbocycles. The molecule has 0 bridgehead atoms. The van der Waals surface area contributed by atoms with Crippen molar-refractivity contribution in [2.45, 2.75) is 13.8 Å². The van der Waals surface area contributed by atoms with Crippen molar-refractivity contribution in [3.8, 4) is 22.6 Å². The summed E-state index contributed by atoms with van der Waals surface area (Å²) in [5.74, 6) is 1.54. The Kier molecular flexibility index (Phi) is 3.56. The topological polar surface area (TPSA) is 18.5 Å². The summed E-state index contributed by atoms with van der Waals surface area (Å²) >= 11 is 0. The predicted molar refractivity (Wildman–Crippen MR) is 74.5 cm³/mol. The van der Waals surface area contributed by atoms with Crippen LogP contribution >= 0.6 is 0 Å². The molecular formula is C16H18O2. The van der Waals surface area contributed by atoms with Gasteiger partial charge in [-0.15, -0.1) is 0 Å². The average Bonchev–Trinajstić information content (AvgIpc) is 2.36. The molecule has 18 heavy (non-hydrogen) atoms. The fourth-order valence-electron chi connectivity index (χ4n) is 2.24. The van der Waals surface area contributed by atoms with Gasteiger partial charge in [0.25, 0.3) is 0 Å². The number of methoxy groups -OCH3 is 2. The van der Waals surface area contributed by atoms with E-state index in [1.54, 1.807) is 14.2 Å². The molecule has 2 aromatic carbocycles. The van der Waals surface area contributed by atoms with Crippen LogP contribution in [0.15, 0.2) is 36.4 Å². The molecule has 0 N–H and O–H groups in total. The van der Waals surface area contributed by atoms with E-state index < -0.39 is 0 Å². The third-order valence-corrected chi connectivity index (χ3v) is 2.94. The van der Waals surface area contributed by atoms with Gasteiger partial charge in [-0.25, -0.2) is 0 Å². The van der Waals surface area contributed by atoms with Crippen molar-refractivity contribution < 1.29 is 9.47 Å². The van der Waals surface area contributed by atoms with Crippen molar-refractivity contribution in [1.29, 1.82) is 0 Å². The van der Waals surface area contributed by atoms with Crippen LogP contribution in [0.5, 0.6) is 11.5 Å². The summed E-state index contributed by atoms with van der Waals surface area (Å²) in [6.07, 6.45) is 0. The number of benzene rings is 2. The van der Waals surface area contributed by atoms with E-state index in [2.05, 4.69) is 38.1 Å². The monoisotopic (exact) mass is 242 g/mol. The summed E-state index contributed by atoms with van der Waals surface area (Å²) in [6, 6.07) is 12.4. The lowest BCUT2D eigenvalue weighted by Crippen LogP contribution is -1.93. The van der Waals surface area contributed by atoms with Gasteiger partial charge < -0.3 is 9.47 Å². The highest BCUT2D eigenvalue weighted by atomic mass is 16.5. The number of ether oxygens (including phenoxy) is 2. The Morgan fingerprint density at radius 2 is 1.50 bits per heavy atom. The summed E-state index contributed by atoms with van der Waals surface area (Å²) in [6.45, 7) is 4.20. The van der Waals surface area contributed by atoms with Gasteiger partial charge in [0.05, 0.1) is 14.2 Å². The van der Waals surface area contributed by atoms with Crippen LogP contribution in [-0.4, -0.2) is 14.2 Å². The number of hydrogen-bond acceptors (Lipinski definition) is 2. The van der Waals surface area contributed by atoms with Gasteiger partial charge in [-0.3, -0.25) is 0 Å². The first-order valence-corrected chi connectivity index (χ1v) is 5.95. The third kappa shape index (κ3) is 2.33. The average molecular weight is 242 g/mol. The van der Waals surface area contributed by atoms with E-state index in [1.165, 1.54) is 11.1 Å². The Morgan fingerprint density at radius 1 is 0.833 bits per heavy atom. The van der Waals surface area contributed by atoms with E-state index in [1.807, 2.05) is 12.1 Å². The highest BCUT2D eigenvalue weighted by molar-refractivity contribution is 5.74. The molecular weight excluding hydrogens is 224 g/mol. The van der Waals surface area contributed by atoms with Gasteiger partial charge in [0, 0.05) is 5.56 Å². The first-order valence-electron chi connectivity index (χ1n) is 5.95. The summed E-state index contributed by atoms with van der Waals surface area (Å²) in [7, 11) is 3.33. The molecule has 0 aromatic heterocycles. The first-order chi connectivity index (χ1) is 8.65. The van der Waals surface area contributed by atoms with Gasteiger partial charge >= 0.3 is 0 Å². The summed E-state index contributed by atoms with van der Waals surface area (Å²) in [5.41, 5.74) is 4.71. The Labute approximate surface area is 108 Å². The van der Waals surface area contributed by atoms with E-state index in [0.29, 0.717) is 0 Å². The van der Waals surface area contributed by atoms with Crippen molar-refractivity contribution in [2.24, 2.45) is 0 Å². The molecule has 2 rings (SSSR count). The minimum atomic E-state index is 0.758. The lowest BCUT2D eigenvalue weighted by atomic mass is 9.99. The van der Waals surface area contributed by atoms with E-state index in [0.717, 1.165) is 22.6 Å². The molecule has 0 fully saturated rings. The van der Waals surface area contributed by atoms with Crippen molar-refractivity contribution in [3.63, 3.8) is 0 Å². The lowest BCUT2D eigenvalue weighted by molar-refractivity contribution is 0.356. The van der Waals surface area contributed by atoms with Crippen molar-refractivity contribution in [3.05, 3.63) is 47.5 Å². The van der Waals surface area contributed by atoms with Crippen molar-refractivity contribution in [1.82, 2.24) is 0 Å². The zero-order valence-electron chi connectivity index (χ0n) is 11.3. The molecule has 0 radical (unpaired) electrons. The van der Waals surface area contributed by atoms with E-state index in [-0.39, 0.29) is 0 Å². The number of rotatable bonds is 3. The number of aryl methyl sites for hydroxylation is 2. The van der Waals surface area contributed by atoms with Gasteiger partial charge in [0.2, 0.25) is 0 Å². The van der Waals surface area contributed by atoms with Crippen LogP contribution in [0.4, 0.5) is 0 Å². The molecule has 0 amide bonds. The van der Waals surface area contributed by atoms with Gasteiger partial charge in [-0.05, 0) is 25.5 Å². The smallest absolute Gasteiger partial charge is 0.168 e. The Bertz CT molecular complexity index is 539. The molecule has 0 saturated carbocycles. The summed E-state index contributed by atoms with van der Waals surface area (Å²) < 4.78 is 10.8. The Morgan fingerprint density at radius 3 is 2.06 bits per heavy atom. The van der Waals surface area contributed by atoms with Crippen LogP contribution < -0.4 is 9.47 Å². The maximum atomic E-state index is 5.48. The van der Waals surface area contributed by atoms with Crippen LogP contribution in [0.25, 0.3) is 11.1 Å². The maximum absolute atomic E-state index is 5.48. The van der Waals surface area contributed by atoms with Crippen LogP contribution in [0, 0.1) is 13.8 Å². The molecule has 0 aliphatic heterocycles. The quantitative estimate of drug-likeness (QED) is 0.810. The van der Waals surface area contributed by atoms with E-state index >= 15 is 0 Å². The second kappa shape index (κ2) is 5.13. The van der Waals surface area contributed by atoms with E-state index in [9.17, 15) is 0 Å². The second-order valence-corrected chi connectivity index (χ2v) is 4.42. The predicted octanol–water partition coefficient (Wildman–Crippen LogP) is 3.99. The number of hydrogen-bond donors (Lipinski definition) is 0. The van der Waals surface area contributed by atoms with Crippen LogP contribution in [0.1, 0.15) is 11.1 Å². The van der Waals surface area contributed by atoms with Crippen LogP contribution in [-0.2, 0) is 0 Å². The Hall–Kier alpha value is -1.96. The second-order valence-electron chi connectivity index (χ2n) is 4.42. The fraction of sp³-hybridized carbons (Fsp3) is 0.250. The van der Waals surface area contributed by atoms with Crippen LogP contribution in [0.2, 0.25) is 0 Å². The highest BCUT2D eigenvalue weighted by Gasteiger charge is 2.11. The Balaban J connectivity index is 2.63. The zero-order chi connectivity index (χ0) is 13.1. The van der Waals surface area contributed by atoms with Gasteiger partial charge in [-0.1, -0.05) is 41.5 Å². The van der Waals surface area contributed by atoms with Crippen molar-refractivity contribution >= 4 is 0 Å². The SMILES string of the molecule is COc1cccc(-c2cc(C)cc(C)c2)c1OC. The summed E-state index contributed by atoms with van der Waals surface area (Å²) in [4.78, 5) is 0. The van der Waals surface area contributed by atoms with Gasteiger partial charge in [0.15, 0.2) is 11.5 Å². The van der Waals surface area contributed by atoms with Gasteiger partial charge in [-0.2, -0.15) is 0 Å². The summed E-state index contributed by atoms with van der Waals surface area (Å²) in [5, 5.41) is 0. The van der Waals surface area contributed by atoms with E-state index in [4.69, 9.17) is 9.47 Å². The molecule has 94 valence electrons. The molecule has 0 atom stereocenters. The fourth-order valence-corrected chi connectivity index (χ4v) is 2.24. The molecule has 0 heterocycles. The van der Waals surface area contributed by atoms with Crippen LogP contribution in [0.3, 0.4) is 0 Å². The maximum Gasteiger partial charge on any atom is 0.168 e. The first kappa shape index (κ1) is 12.5. The highest BCUT2D eigenvalue weighted by Crippen LogP contribution is 2.38. The largest absolute Gasteiger partial charge is 0.493 e. The molecule has 0 unspecified atom stereocenters. The molecule has 0 aliphatic rings. The molecule has 0 spiro atoms. The molecule has 2 nitrogen and oxygen atoms in total. The normalized spacial score (nSPS) is 10.2. The standard InChI is InChI=1S/C16H18O2/c1-11-8-12(2)10-13(9-11)14-6-5-7-15(17-3)16(14)18-4/h5-10H,1-4H3. The van der Waals surface area contributed by atoms with Crippen molar-refractivity contribution in [2.75, 3.05) is 14.2 Å². The van der Waals surface area contributed by atoms with Gasteiger partial charge in [0.1, 0.15) is 0 Å². The molecule has 0 saturated heterocycles. The molecule has 2 aromatic rings. The lowest BCUT2D eigenvalue weighted by Gasteiger charge is -2.13. The minimum absolute atomic E-state index is 0.758.